The number of hydrogen-bond acceptors (Lipinski definition) is 4. The Morgan fingerprint density at radius 1 is 0.970 bits per heavy atom. The molecule has 1 heterocycles. The standard InChI is InChI=1S/C26H28N2O3S2/c1-3-27(4-2)22-14-10-20(11-15-22)12-17-25-28(18-7-19-33(29,30)31)24-16-13-21-8-5-6-9-23(21)26(24)32-25/h5-6,8-17H,3-4,7,18-19H2,1-2H3/p+1. The number of benzene rings is 3. The first-order valence-electron chi connectivity index (χ1n) is 11.2. The summed E-state index contributed by atoms with van der Waals surface area (Å²) in [5.74, 6) is -0.249. The van der Waals surface area contributed by atoms with Gasteiger partial charge in [0, 0.05) is 42.7 Å². The monoisotopic (exact) mass is 481 g/mol. The van der Waals surface area contributed by atoms with Gasteiger partial charge < -0.3 is 4.90 Å². The van der Waals surface area contributed by atoms with Crippen molar-refractivity contribution < 1.29 is 17.5 Å². The second-order valence-corrected chi connectivity index (χ2v) is 10.6. The summed E-state index contributed by atoms with van der Waals surface area (Å²) in [7, 11) is -3.98. The van der Waals surface area contributed by atoms with Crippen molar-refractivity contribution in [1.82, 2.24) is 0 Å². The minimum atomic E-state index is -3.98. The number of aryl methyl sites for hydroxylation is 1. The van der Waals surface area contributed by atoms with Gasteiger partial charge in [-0.05, 0) is 49.1 Å². The summed E-state index contributed by atoms with van der Waals surface area (Å²) in [6.45, 7) is 6.78. The first-order valence-corrected chi connectivity index (χ1v) is 13.6. The number of aromatic nitrogens is 1. The molecule has 33 heavy (non-hydrogen) atoms. The Morgan fingerprint density at radius 2 is 1.70 bits per heavy atom. The van der Waals surface area contributed by atoms with Crippen LogP contribution in [0.2, 0.25) is 0 Å². The zero-order chi connectivity index (χ0) is 23.4. The zero-order valence-electron chi connectivity index (χ0n) is 18.9. The maximum Gasteiger partial charge on any atom is 0.265 e. The molecular weight excluding hydrogens is 452 g/mol. The molecular formula is C26H29N2O3S2+. The third kappa shape index (κ3) is 5.43. The minimum Gasteiger partial charge on any atom is -0.372 e. The van der Waals surface area contributed by atoms with Gasteiger partial charge in [0.05, 0.1) is 5.75 Å². The van der Waals surface area contributed by atoms with Crippen LogP contribution in [-0.4, -0.2) is 31.8 Å². The predicted octanol–water partition coefficient (Wildman–Crippen LogP) is 5.64. The molecule has 4 rings (SSSR count). The molecule has 0 saturated heterocycles. The van der Waals surface area contributed by atoms with E-state index in [1.807, 2.05) is 12.1 Å². The maximum absolute atomic E-state index is 11.2. The minimum absolute atomic E-state index is 0.249. The van der Waals surface area contributed by atoms with Gasteiger partial charge in [0.1, 0.15) is 4.70 Å². The molecule has 0 unspecified atom stereocenters. The van der Waals surface area contributed by atoms with E-state index in [2.05, 4.69) is 84.0 Å². The summed E-state index contributed by atoms with van der Waals surface area (Å²) in [5, 5.41) is 3.41. The van der Waals surface area contributed by atoms with E-state index in [4.69, 9.17) is 4.55 Å². The normalized spacial score (nSPS) is 12.2. The molecule has 0 aliphatic carbocycles. The Morgan fingerprint density at radius 3 is 2.39 bits per heavy atom. The molecule has 0 atom stereocenters. The molecule has 172 valence electrons. The van der Waals surface area contributed by atoms with Gasteiger partial charge in [-0.15, -0.1) is 0 Å². The third-order valence-corrected chi connectivity index (χ3v) is 7.85. The maximum atomic E-state index is 11.2. The first kappa shape index (κ1) is 23.4. The highest BCUT2D eigenvalue weighted by atomic mass is 32.2. The van der Waals surface area contributed by atoms with Crippen LogP contribution >= 0.6 is 11.3 Å². The second kappa shape index (κ2) is 10.0. The van der Waals surface area contributed by atoms with Gasteiger partial charge in [-0.25, -0.2) is 0 Å². The van der Waals surface area contributed by atoms with Gasteiger partial charge >= 0.3 is 0 Å². The smallest absolute Gasteiger partial charge is 0.265 e. The quantitative estimate of drug-likeness (QED) is 0.248. The fourth-order valence-electron chi connectivity index (χ4n) is 4.14. The van der Waals surface area contributed by atoms with Gasteiger partial charge in [-0.1, -0.05) is 47.7 Å². The number of nitrogens with zero attached hydrogens (tertiary/aromatic N) is 2. The van der Waals surface area contributed by atoms with Crippen LogP contribution in [0.3, 0.4) is 0 Å². The van der Waals surface area contributed by atoms with E-state index in [1.54, 1.807) is 11.3 Å². The van der Waals surface area contributed by atoms with E-state index < -0.39 is 10.1 Å². The number of anilines is 1. The lowest BCUT2D eigenvalue weighted by Crippen LogP contribution is -2.35. The van der Waals surface area contributed by atoms with E-state index in [0.717, 1.165) is 29.2 Å². The molecule has 3 aromatic carbocycles. The molecule has 0 bridgehead atoms. The number of fused-ring (bicyclic) bond motifs is 3. The Bertz CT molecular complexity index is 1390. The molecule has 1 aromatic heterocycles. The van der Waals surface area contributed by atoms with Crippen molar-refractivity contribution in [3.05, 3.63) is 71.2 Å². The van der Waals surface area contributed by atoms with Crippen molar-refractivity contribution in [3.63, 3.8) is 0 Å². The lowest BCUT2D eigenvalue weighted by molar-refractivity contribution is -0.668. The largest absolute Gasteiger partial charge is 0.372 e. The molecule has 1 N–H and O–H groups in total. The van der Waals surface area contributed by atoms with Gasteiger partial charge in [-0.3, -0.25) is 4.55 Å². The molecule has 5 nitrogen and oxygen atoms in total. The van der Waals surface area contributed by atoms with E-state index in [0.29, 0.717) is 13.0 Å². The predicted molar refractivity (Wildman–Crippen MR) is 139 cm³/mol. The van der Waals surface area contributed by atoms with Crippen molar-refractivity contribution >= 4 is 60.3 Å². The molecule has 0 spiro atoms. The van der Waals surface area contributed by atoms with E-state index >= 15 is 0 Å². The summed E-state index contributed by atoms with van der Waals surface area (Å²) in [6, 6.07) is 21.0. The Kier molecular flexibility index (Phi) is 7.12. The van der Waals surface area contributed by atoms with Crippen LogP contribution in [-0.2, 0) is 16.7 Å². The van der Waals surface area contributed by atoms with Crippen LogP contribution in [0.25, 0.3) is 33.1 Å². The fourth-order valence-corrected chi connectivity index (χ4v) is 5.86. The highest BCUT2D eigenvalue weighted by molar-refractivity contribution is 7.85. The summed E-state index contributed by atoms with van der Waals surface area (Å²) >= 11 is 1.70. The summed E-state index contributed by atoms with van der Waals surface area (Å²) in [5.41, 5.74) is 3.40. The highest BCUT2D eigenvalue weighted by Crippen LogP contribution is 2.30. The van der Waals surface area contributed by atoms with Gasteiger partial charge in [0.25, 0.3) is 15.1 Å². The topological polar surface area (TPSA) is 61.5 Å². The lowest BCUT2D eigenvalue weighted by Gasteiger charge is -2.20. The van der Waals surface area contributed by atoms with Crippen LogP contribution in [0.1, 0.15) is 30.8 Å². The van der Waals surface area contributed by atoms with Crippen LogP contribution < -0.4 is 9.47 Å². The van der Waals surface area contributed by atoms with E-state index in [9.17, 15) is 8.42 Å². The fraction of sp³-hybridized carbons (Fsp3) is 0.269. The average Bonchev–Trinajstić information content (AvgIpc) is 3.16. The van der Waals surface area contributed by atoms with Gasteiger partial charge in [0.15, 0.2) is 6.54 Å². The van der Waals surface area contributed by atoms with Crippen molar-refractivity contribution in [2.75, 3.05) is 23.7 Å². The molecule has 0 aliphatic heterocycles. The summed E-state index contributed by atoms with van der Waals surface area (Å²) in [6.07, 6.45) is 4.54. The van der Waals surface area contributed by atoms with Crippen molar-refractivity contribution in [1.29, 1.82) is 0 Å². The molecule has 4 aromatic rings. The Labute approximate surface area is 199 Å². The third-order valence-electron chi connectivity index (χ3n) is 5.85. The molecule has 0 aliphatic rings. The van der Waals surface area contributed by atoms with Crippen molar-refractivity contribution in [2.45, 2.75) is 26.8 Å². The highest BCUT2D eigenvalue weighted by Gasteiger charge is 2.21. The number of hydrogen-bond donors (Lipinski definition) is 1. The summed E-state index contributed by atoms with van der Waals surface area (Å²) in [4.78, 5) is 2.31. The van der Waals surface area contributed by atoms with Gasteiger partial charge in [-0.2, -0.15) is 13.0 Å². The zero-order valence-corrected chi connectivity index (χ0v) is 20.6. The molecule has 0 amide bonds. The number of thiazole rings is 1. The molecule has 0 radical (unpaired) electrons. The van der Waals surface area contributed by atoms with E-state index in [-0.39, 0.29) is 5.75 Å². The second-order valence-electron chi connectivity index (χ2n) is 7.96. The molecule has 0 fully saturated rings. The Hall–Kier alpha value is -2.74. The molecule has 7 heteroatoms. The van der Waals surface area contributed by atoms with E-state index in [1.165, 1.54) is 21.2 Å². The number of rotatable bonds is 9. The van der Waals surface area contributed by atoms with Crippen molar-refractivity contribution in [3.8, 4) is 0 Å². The Balaban J connectivity index is 1.70. The molecule has 0 saturated carbocycles. The average molecular weight is 482 g/mol. The van der Waals surface area contributed by atoms with Crippen molar-refractivity contribution in [2.24, 2.45) is 0 Å². The van der Waals surface area contributed by atoms with Crippen LogP contribution in [0.15, 0.2) is 60.7 Å². The van der Waals surface area contributed by atoms with Gasteiger partial charge in [0.2, 0.25) is 5.52 Å². The van der Waals surface area contributed by atoms with Crippen LogP contribution in [0.4, 0.5) is 5.69 Å². The SMILES string of the molecule is CCN(CC)c1ccc(/C=C/c2sc3c4ccccc4ccc3[n+]2CCCS(=O)(=O)O)cc1. The van der Waals surface area contributed by atoms with Crippen LogP contribution in [0, 0.1) is 0 Å². The lowest BCUT2D eigenvalue weighted by atomic mass is 10.1. The van der Waals surface area contributed by atoms with Crippen LogP contribution in [0.5, 0.6) is 0 Å². The summed E-state index contributed by atoms with van der Waals surface area (Å²) < 4.78 is 35.0. The first-order chi connectivity index (χ1) is 15.9.